The molecule has 76 valence electrons. The molecule has 0 aliphatic heterocycles. The fourth-order valence-corrected chi connectivity index (χ4v) is 1.13. The standard InChI is InChI=1S/C9H16O4/c1-6(12-8(3)10)5-7(2)13-9(4)11/h6-7H,5H2,1-4H3/t6-,7-/m0/s1. The van der Waals surface area contributed by atoms with Gasteiger partial charge in [0.2, 0.25) is 0 Å². The van der Waals surface area contributed by atoms with E-state index in [1.54, 1.807) is 13.8 Å². The van der Waals surface area contributed by atoms with Crippen molar-refractivity contribution in [1.82, 2.24) is 0 Å². The summed E-state index contributed by atoms with van der Waals surface area (Å²) in [5.74, 6) is -0.634. The van der Waals surface area contributed by atoms with Gasteiger partial charge in [-0.05, 0) is 13.8 Å². The van der Waals surface area contributed by atoms with Crippen molar-refractivity contribution < 1.29 is 19.1 Å². The average Bonchev–Trinajstić information content (AvgIpc) is 1.80. The molecule has 0 saturated heterocycles. The first-order chi connectivity index (χ1) is 5.91. The molecular weight excluding hydrogens is 172 g/mol. The van der Waals surface area contributed by atoms with Gasteiger partial charge in [0.15, 0.2) is 0 Å². The van der Waals surface area contributed by atoms with Crippen molar-refractivity contribution in [2.75, 3.05) is 0 Å². The van der Waals surface area contributed by atoms with Gasteiger partial charge in [-0.15, -0.1) is 0 Å². The monoisotopic (exact) mass is 188 g/mol. The Kier molecular flexibility index (Phi) is 5.11. The number of carbonyl (C=O) groups is 2. The Hall–Kier alpha value is -1.06. The van der Waals surface area contributed by atoms with Gasteiger partial charge in [-0.2, -0.15) is 0 Å². The zero-order valence-corrected chi connectivity index (χ0v) is 8.49. The van der Waals surface area contributed by atoms with Crippen LogP contribution in [0.15, 0.2) is 0 Å². The van der Waals surface area contributed by atoms with E-state index in [-0.39, 0.29) is 24.1 Å². The smallest absolute Gasteiger partial charge is 0.302 e. The summed E-state index contributed by atoms with van der Waals surface area (Å²) in [5.41, 5.74) is 0. The Morgan fingerprint density at radius 1 is 1.00 bits per heavy atom. The second-order valence-electron chi connectivity index (χ2n) is 3.08. The number of ether oxygens (including phenoxy) is 2. The van der Waals surface area contributed by atoms with E-state index in [2.05, 4.69) is 0 Å². The highest BCUT2D eigenvalue weighted by Crippen LogP contribution is 2.05. The average molecular weight is 188 g/mol. The topological polar surface area (TPSA) is 52.6 Å². The van der Waals surface area contributed by atoms with Gasteiger partial charge < -0.3 is 9.47 Å². The number of hydrogen-bond donors (Lipinski definition) is 0. The van der Waals surface area contributed by atoms with Gasteiger partial charge in [0.05, 0.1) is 0 Å². The molecule has 0 rings (SSSR count). The quantitative estimate of drug-likeness (QED) is 0.623. The van der Waals surface area contributed by atoms with Crippen molar-refractivity contribution in [2.45, 2.75) is 46.3 Å². The molecule has 0 unspecified atom stereocenters. The molecule has 0 fully saturated rings. The number of esters is 2. The normalized spacial score (nSPS) is 14.5. The number of rotatable bonds is 4. The highest BCUT2D eigenvalue weighted by atomic mass is 16.6. The number of carbonyl (C=O) groups excluding carboxylic acids is 2. The molecule has 0 N–H and O–H groups in total. The lowest BCUT2D eigenvalue weighted by atomic mass is 10.2. The van der Waals surface area contributed by atoms with Crippen molar-refractivity contribution in [2.24, 2.45) is 0 Å². The first-order valence-corrected chi connectivity index (χ1v) is 4.26. The fourth-order valence-electron chi connectivity index (χ4n) is 1.13. The summed E-state index contributed by atoms with van der Waals surface area (Å²) in [6.45, 7) is 6.24. The van der Waals surface area contributed by atoms with E-state index in [4.69, 9.17) is 9.47 Å². The van der Waals surface area contributed by atoms with Gasteiger partial charge in [0.25, 0.3) is 0 Å². The van der Waals surface area contributed by atoms with Gasteiger partial charge >= 0.3 is 11.9 Å². The van der Waals surface area contributed by atoms with Crippen LogP contribution in [0.3, 0.4) is 0 Å². The lowest BCUT2D eigenvalue weighted by Crippen LogP contribution is -2.21. The maximum Gasteiger partial charge on any atom is 0.302 e. The Morgan fingerprint density at radius 3 is 1.54 bits per heavy atom. The lowest BCUT2D eigenvalue weighted by molar-refractivity contribution is -0.150. The third kappa shape index (κ3) is 7.31. The van der Waals surface area contributed by atoms with Gasteiger partial charge in [-0.1, -0.05) is 0 Å². The molecule has 4 nitrogen and oxygen atoms in total. The van der Waals surface area contributed by atoms with Gasteiger partial charge in [0.1, 0.15) is 12.2 Å². The molecule has 0 saturated carbocycles. The van der Waals surface area contributed by atoms with E-state index in [0.717, 1.165) is 0 Å². The highest BCUT2D eigenvalue weighted by molar-refractivity contribution is 5.66. The predicted octanol–water partition coefficient (Wildman–Crippen LogP) is 1.28. The largest absolute Gasteiger partial charge is 0.463 e. The zero-order chi connectivity index (χ0) is 10.4. The van der Waals surface area contributed by atoms with Crippen LogP contribution >= 0.6 is 0 Å². The molecule has 0 aliphatic carbocycles. The Labute approximate surface area is 78.2 Å². The minimum atomic E-state index is -0.317. The third-order valence-electron chi connectivity index (χ3n) is 1.40. The van der Waals surface area contributed by atoms with E-state index in [9.17, 15) is 9.59 Å². The Morgan fingerprint density at radius 2 is 1.31 bits per heavy atom. The van der Waals surface area contributed by atoms with Gasteiger partial charge in [-0.3, -0.25) is 9.59 Å². The van der Waals surface area contributed by atoms with E-state index >= 15 is 0 Å². The first-order valence-electron chi connectivity index (χ1n) is 4.26. The van der Waals surface area contributed by atoms with Crippen LogP contribution in [-0.4, -0.2) is 24.1 Å². The molecule has 0 amide bonds. The van der Waals surface area contributed by atoms with E-state index < -0.39 is 0 Å². The molecule has 0 spiro atoms. The van der Waals surface area contributed by atoms with Crippen LogP contribution < -0.4 is 0 Å². The van der Waals surface area contributed by atoms with Crippen LogP contribution in [0.25, 0.3) is 0 Å². The first kappa shape index (κ1) is 11.9. The molecule has 0 heterocycles. The third-order valence-corrected chi connectivity index (χ3v) is 1.40. The number of hydrogen-bond acceptors (Lipinski definition) is 4. The van der Waals surface area contributed by atoms with Gasteiger partial charge in [-0.25, -0.2) is 0 Å². The van der Waals surface area contributed by atoms with Crippen molar-refractivity contribution in [3.63, 3.8) is 0 Å². The SMILES string of the molecule is CC(=O)O[C@@H](C)C[C@H](C)OC(C)=O. The summed E-state index contributed by atoms with van der Waals surface area (Å²) in [7, 11) is 0. The Bertz CT molecular complexity index is 168. The summed E-state index contributed by atoms with van der Waals surface area (Å²) in [6, 6.07) is 0. The van der Waals surface area contributed by atoms with Crippen molar-refractivity contribution in [3.05, 3.63) is 0 Å². The fraction of sp³-hybridized carbons (Fsp3) is 0.778. The van der Waals surface area contributed by atoms with E-state index in [0.29, 0.717) is 6.42 Å². The van der Waals surface area contributed by atoms with Crippen LogP contribution in [-0.2, 0) is 19.1 Å². The summed E-state index contributed by atoms with van der Waals surface area (Å²) in [5, 5.41) is 0. The maximum atomic E-state index is 10.5. The minimum Gasteiger partial charge on any atom is -0.463 e. The Balaban J connectivity index is 3.70. The predicted molar refractivity (Wildman–Crippen MR) is 47.1 cm³/mol. The van der Waals surface area contributed by atoms with Crippen LogP contribution in [0.4, 0.5) is 0 Å². The molecule has 0 aromatic rings. The lowest BCUT2D eigenvalue weighted by Gasteiger charge is -2.16. The van der Waals surface area contributed by atoms with Crippen LogP contribution in [0.1, 0.15) is 34.1 Å². The van der Waals surface area contributed by atoms with Crippen molar-refractivity contribution in [1.29, 1.82) is 0 Å². The molecule has 2 atom stereocenters. The van der Waals surface area contributed by atoms with Crippen LogP contribution in [0.2, 0.25) is 0 Å². The molecule has 0 radical (unpaired) electrons. The summed E-state index contributed by atoms with van der Waals surface area (Å²) < 4.78 is 9.74. The molecular formula is C9H16O4. The molecule has 0 aliphatic rings. The van der Waals surface area contributed by atoms with E-state index in [1.807, 2.05) is 0 Å². The second-order valence-corrected chi connectivity index (χ2v) is 3.08. The maximum absolute atomic E-state index is 10.5. The van der Waals surface area contributed by atoms with Crippen molar-refractivity contribution >= 4 is 11.9 Å². The summed E-state index contributed by atoms with van der Waals surface area (Å²) in [6.07, 6.45) is 0.0952. The molecule has 4 heteroatoms. The second kappa shape index (κ2) is 5.56. The summed E-state index contributed by atoms with van der Waals surface area (Å²) >= 11 is 0. The summed E-state index contributed by atoms with van der Waals surface area (Å²) in [4.78, 5) is 21.1. The molecule has 0 aromatic carbocycles. The molecule has 0 bridgehead atoms. The molecule has 13 heavy (non-hydrogen) atoms. The van der Waals surface area contributed by atoms with Crippen molar-refractivity contribution in [3.8, 4) is 0 Å². The van der Waals surface area contributed by atoms with Crippen LogP contribution in [0.5, 0.6) is 0 Å². The minimum absolute atomic E-state index is 0.216. The van der Waals surface area contributed by atoms with Gasteiger partial charge in [0, 0.05) is 20.3 Å². The molecule has 0 aromatic heterocycles. The van der Waals surface area contributed by atoms with Crippen LogP contribution in [0, 0.1) is 0 Å². The zero-order valence-electron chi connectivity index (χ0n) is 8.49. The highest BCUT2D eigenvalue weighted by Gasteiger charge is 2.12. The van der Waals surface area contributed by atoms with E-state index in [1.165, 1.54) is 13.8 Å².